The molecule has 1 spiro atoms. The van der Waals surface area contributed by atoms with Crippen molar-refractivity contribution in [2.75, 3.05) is 13.2 Å². The summed E-state index contributed by atoms with van der Waals surface area (Å²) in [5.41, 5.74) is 0.451. The zero-order valence-electron chi connectivity index (χ0n) is 11.3. The Labute approximate surface area is 110 Å². The van der Waals surface area contributed by atoms with Gasteiger partial charge in [0.2, 0.25) is 0 Å². The van der Waals surface area contributed by atoms with Crippen molar-refractivity contribution >= 4 is 5.97 Å². The second-order valence-electron chi connectivity index (χ2n) is 5.56. The van der Waals surface area contributed by atoms with Crippen LogP contribution in [0.3, 0.4) is 0 Å². The molecule has 2 fully saturated rings. The molecule has 0 N–H and O–H groups in total. The molecule has 1 aliphatic heterocycles. The Morgan fingerprint density at radius 3 is 2.72 bits per heavy atom. The fraction of sp³-hybridized carbons (Fsp3) is 0.800. The summed E-state index contributed by atoms with van der Waals surface area (Å²) < 4.78 is 10.8. The lowest BCUT2D eigenvalue weighted by Gasteiger charge is -2.42. The van der Waals surface area contributed by atoms with Crippen LogP contribution in [0, 0.1) is 5.41 Å². The smallest absolute Gasteiger partial charge is 0.330 e. The molecule has 0 amide bonds. The van der Waals surface area contributed by atoms with Crippen molar-refractivity contribution < 1.29 is 14.3 Å². The average Bonchev–Trinajstić information content (AvgIpc) is 2.40. The lowest BCUT2D eigenvalue weighted by Crippen LogP contribution is -2.37. The van der Waals surface area contributed by atoms with Crippen molar-refractivity contribution in [3.63, 3.8) is 0 Å². The highest BCUT2D eigenvalue weighted by Gasteiger charge is 2.36. The lowest BCUT2D eigenvalue weighted by atomic mass is 9.70. The highest BCUT2D eigenvalue weighted by molar-refractivity contribution is 5.81. The first-order valence-corrected chi connectivity index (χ1v) is 7.21. The molecule has 3 nitrogen and oxygen atoms in total. The van der Waals surface area contributed by atoms with Crippen LogP contribution in [0.25, 0.3) is 0 Å². The van der Waals surface area contributed by atoms with Gasteiger partial charge in [-0.1, -0.05) is 19.3 Å². The van der Waals surface area contributed by atoms with E-state index in [0.29, 0.717) is 12.0 Å². The van der Waals surface area contributed by atoms with Gasteiger partial charge < -0.3 is 9.47 Å². The predicted molar refractivity (Wildman–Crippen MR) is 70.3 cm³/mol. The molecule has 0 aromatic carbocycles. The number of carbonyl (C=O) groups excluding carboxylic acids is 1. The van der Waals surface area contributed by atoms with Gasteiger partial charge in [-0.3, -0.25) is 0 Å². The number of rotatable bonds is 3. The maximum Gasteiger partial charge on any atom is 0.330 e. The van der Waals surface area contributed by atoms with Crippen LogP contribution in [0.15, 0.2) is 12.2 Å². The zero-order chi connectivity index (χ0) is 12.8. The maximum absolute atomic E-state index is 11.2. The number of esters is 1. The molecule has 0 unspecified atom stereocenters. The molecule has 2 rings (SSSR count). The standard InChI is InChI=1S/C15H24O3/c1-2-17-14(16)7-6-13-8-11-15(12-18-13)9-4-3-5-10-15/h6-7,13H,2-5,8-12H2,1H3/b7-6+/t13-/m0/s1. The third kappa shape index (κ3) is 3.58. The number of carbonyl (C=O) groups is 1. The Balaban J connectivity index is 1.77. The molecule has 102 valence electrons. The summed E-state index contributed by atoms with van der Waals surface area (Å²) in [6.07, 6.45) is 12.5. The highest BCUT2D eigenvalue weighted by Crippen LogP contribution is 2.43. The Hall–Kier alpha value is -0.830. The molecule has 1 atom stereocenters. The SMILES string of the molecule is CCOC(=O)/C=C/[C@H]1CCC2(CCCCC2)CO1. The lowest BCUT2D eigenvalue weighted by molar-refractivity contribution is -0.137. The maximum atomic E-state index is 11.2. The van der Waals surface area contributed by atoms with E-state index in [1.54, 1.807) is 0 Å². The van der Waals surface area contributed by atoms with Gasteiger partial charge in [0.05, 0.1) is 19.3 Å². The molecular formula is C15H24O3. The van der Waals surface area contributed by atoms with E-state index in [1.165, 1.54) is 44.6 Å². The van der Waals surface area contributed by atoms with E-state index >= 15 is 0 Å². The average molecular weight is 252 g/mol. The molecule has 18 heavy (non-hydrogen) atoms. The van der Waals surface area contributed by atoms with Crippen LogP contribution < -0.4 is 0 Å². The minimum absolute atomic E-state index is 0.0990. The fourth-order valence-corrected chi connectivity index (χ4v) is 3.11. The van der Waals surface area contributed by atoms with Gasteiger partial charge in [0.1, 0.15) is 0 Å². The number of hydrogen-bond donors (Lipinski definition) is 0. The van der Waals surface area contributed by atoms with Gasteiger partial charge >= 0.3 is 5.97 Å². The molecule has 0 bridgehead atoms. The van der Waals surface area contributed by atoms with Gasteiger partial charge in [0.15, 0.2) is 0 Å². The Kier molecular flexibility index (Phi) is 4.81. The van der Waals surface area contributed by atoms with E-state index in [1.807, 2.05) is 13.0 Å². The second-order valence-corrected chi connectivity index (χ2v) is 5.56. The van der Waals surface area contributed by atoms with E-state index in [4.69, 9.17) is 9.47 Å². The van der Waals surface area contributed by atoms with Gasteiger partial charge in [-0.25, -0.2) is 4.79 Å². The Bertz CT molecular complexity index is 293. The third-order valence-electron chi connectivity index (χ3n) is 4.21. The minimum atomic E-state index is -0.265. The first-order valence-electron chi connectivity index (χ1n) is 7.21. The second kappa shape index (κ2) is 6.37. The predicted octanol–water partition coefficient (Wildman–Crippen LogP) is 3.24. The van der Waals surface area contributed by atoms with Crippen LogP contribution in [0.5, 0.6) is 0 Å². The molecular weight excluding hydrogens is 228 g/mol. The first-order chi connectivity index (χ1) is 8.74. The van der Waals surface area contributed by atoms with E-state index in [2.05, 4.69) is 0 Å². The van der Waals surface area contributed by atoms with Gasteiger partial charge in [-0.15, -0.1) is 0 Å². The van der Waals surface area contributed by atoms with Crippen molar-refractivity contribution in [2.45, 2.75) is 58.0 Å². The van der Waals surface area contributed by atoms with Crippen LogP contribution in [0.1, 0.15) is 51.9 Å². The van der Waals surface area contributed by atoms with Gasteiger partial charge in [-0.05, 0) is 44.1 Å². The van der Waals surface area contributed by atoms with Crippen LogP contribution >= 0.6 is 0 Å². The summed E-state index contributed by atoms with van der Waals surface area (Å²) in [7, 11) is 0. The van der Waals surface area contributed by atoms with Crippen molar-refractivity contribution in [1.82, 2.24) is 0 Å². The largest absolute Gasteiger partial charge is 0.463 e. The summed E-state index contributed by atoms with van der Waals surface area (Å²) in [6, 6.07) is 0. The quantitative estimate of drug-likeness (QED) is 0.571. The van der Waals surface area contributed by atoms with Crippen molar-refractivity contribution in [2.24, 2.45) is 5.41 Å². The van der Waals surface area contributed by atoms with Crippen molar-refractivity contribution in [3.8, 4) is 0 Å². The molecule has 0 aromatic heterocycles. The Morgan fingerprint density at radius 2 is 2.11 bits per heavy atom. The molecule has 1 saturated carbocycles. The molecule has 3 heteroatoms. The van der Waals surface area contributed by atoms with E-state index < -0.39 is 0 Å². The van der Waals surface area contributed by atoms with Gasteiger partial charge in [0, 0.05) is 6.08 Å². The van der Waals surface area contributed by atoms with E-state index in [-0.39, 0.29) is 12.1 Å². The number of hydrogen-bond acceptors (Lipinski definition) is 3. The third-order valence-corrected chi connectivity index (χ3v) is 4.21. The van der Waals surface area contributed by atoms with Crippen LogP contribution in [-0.4, -0.2) is 25.3 Å². The molecule has 0 aromatic rings. The summed E-state index contributed by atoms with van der Waals surface area (Å²) in [6.45, 7) is 3.11. The molecule has 1 aliphatic carbocycles. The van der Waals surface area contributed by atoms with E-state index in [0.717, 1.165) is 13.0 Å². The minimum Gasteiger partial charge on any atom is -0.463 e. The van der Waals surface area contributed by atoms with Gasteiger partial charge in [-0.2, -0.15) is 0 Å². The van der Waals surface area contributed by atoms with Gasteiger partial charge in [0.25, 0.3) is 0 Å². The molecule has 2 aliphatic rings. The van der Waals surface area contributed by atoms with Crippen LogP contribution in [0.4, 0.5) is 0 Å². The fourth-order valence-electron chi connectivity index (χ4n) is 3.11. The van der Waals surface area contributed by atoms with Crippen LogP contribution in [0.2, 0.25) is 0 Å². The highest BCUT2D eigenvalue weighted by atomic mass is 16.5. The van der Waals surface area contributed by atoms with Crippen LogP contribution in [-0.2, 0) is 14.3 Å². The normalized spacial score (nSPS) is 27.5. The first kappa shape index (κ1) is 13.6. The van der Waals surface area contributed by atoms with Crippen molar-refractivity contribution in [1.29, 1.82) is 0 Å². The summed E-state index contributed by atoms with van der Waals surface area (Å²) in [5, 5.41) is 0. The zero-order valence-corrected chi connectivity index (χ0v) is 11.3. The summed E-state index contributed by atoms with van der Waals surface area (Å²) in [5.74, 6) is -0.265. The molecule has 0 radical (unpaired) electrons. The molecule has 1 saturated heterocycles. The summed E-state index contributed by atoms with van der Waals surface area (Å²) >= 11 is 0. The number of ether oxygens (including phenoxy) is 2. The van der Waals surface area contributed by atoms with E-state index in [9.17, 15) is 4.79 Å². The van der Waals surface area contributed by atoms with Crippen molar-refractivity contribution in [3.05, 3.63) is 12.2 Å². The summed E-state index contributed by atoms with van der Waals surface area (Å²) in [4.78, 5) is 11.2. The topological polar surface area (TPSA) is 35.5 Å². The Morgan fingerprint density at radius 1 is 1.33 bits per heavy atom. The monoisotopic (exact) mass is 252 g/mol. The molecule has 1 heterocycles.